The zero-order chi connectivity index (χ0) is 19.0. The third kappa shape index (κ3) is 3.76. The highest BCUT2D eigenvalue weighted by Gasteiger charge is 2.26. The Morgan fingerprint density at radius 3 is 2.89 bits per heavy atom. The van der Waals surface area contributed by atoms with E-state index in [4.69, 9.17) is 4.98 Å². The number of benzene rings is 1. The molecule has 0 amide bonds. The van der Waals surface area contributed by atoms with Crippen molar-refractivity contribution < 1.29 is 4.39 Å². The maximum atomic E-state index is 14.0. The van der Waals surface area contributed by atoms with Gasteiger partial charge in [0, 0.05) is 35.2 Å². The maximum Gasteiger partial charge on any atom is 0.165 e. The highest BCUT2D eigenvalue weighted by Crippen LogP contribution is 2.30. The van der Waals surface area contributed by atoms with E-state index >= 15 is 0 Å². The van der Waals surface area contributed by atoms with Gasteiger partial charge in [-0.2, -0.15) is 0 Å². The van der Waals surface area contributed by atoms with Crippen molar-refractivity contribution in [3.63, 3.8) is 0 Å². The number of rotatable bonds is 4. The molecule has 2 aromatic heterocycles. The molecule has 27 heavy (non-hydrogen) atoms. The van der Waals surface area contributed by atoms with Crippen LogP contribution in [0.15, 0.2) is 47.1 Å². The molecule has 1 aliphatic heterocycles. The molecular formula is C21H22BrFN4. The summed E-state index contributed by atoms with van der Waals surface area (Å²) >= 11 is 3.53. The van der Waals surface area contributed by atoms with Crippen LogP contribution in [0.5, 0.6) is 0 Å². The first kappa shape index (κ1) is 18.2. The van der Waals surface area contributed by atoms with Gasteiger partial charge in [-0.05, 0) is 54.3 Å². The van der Waals surface area contributed by atoms with Crippen LogP contribution in [0.2, 0.25) is 0 Å². The first-order valence-corrected chi connectivity index (χ1v) is 10.0. The number of anilines is 2. The number of pyridine rings is 2. The summed E-state index contributed by atoms with van der Waals surface area (Å²) in [5.74, 6) is 1.44. The molecule has 1 atom stereocenters. The summed E-state index contributed by atoms with van der Waals surface area (Å²) in [7, 11) is 0. The number of hydrogen-bond acceptors (Lipinski definition) is 4. The van der Waals surface area contributed by atoms with E-state index in [1.165, 1.54) is 11.6 Å². The molecule has 1 saturated heterocycles. The zero-order valence-electron chi connectivity index (χ0n) is 15.4. The van der Waals surface area contributed by atoms with Crippen LogP contribution < -0.4 is 10.2 Å². The normalized spacial score (nSPS) is 17.1. The lowest BCUT2D eigenvalue weighted by atomic mass is 10.0. The minimum atomic E-state index is -0.268. The Labute approximate surface area is 167 Å². The Bertz CT molecular complexity index is 976. The molecule has 1 unspecified atom stereocenters. The molecule has 4 rings (SSSR count). The third-order valence-corrected chi connectivity index (χ3v) is 5.49. The van der Waals surface area contributed by atoms with E-state index in [0.29, 0.717) is 18.3 Å². The van der Waals surface area contributed by atoms with Gasteiger partial charge < -0.3 is 10.2 Å². The van der Waals surface area contributed by atoms with Gasteiger partial charge in [0.15, 0.2) is 11.6 Å². The fourth-order valence-corrected chi connectivity index (χ4v) is 3.97. The van der Waals surface area contributed by atoms with Gasteiger partial charge in [0.2, 0.25) is 0 Å². The van der Waals surface area contributed by atoms with Crippen LogP contribution in [0.1, 0.15) is 31.7 Å². The van der Waals surface area contributed by atoms with Crippen molar-refractivity contribution in [3.05, 3.63) is 58.4 Å². The lowest BCUT2D eigenvalue weighted by Gasteiger charge is -2.21. The van der Waals surface area contributed by atoms with E-state index in [2.05, 4.69) is 52.2 Å². The summed E-state index contributed by atoms with van der Waals surface area (Å²) < 4.78 is 15.1. The van der Waals surface area contributed by atoms with Crippen LogP contribution in [0.3, 0.4) is 0 Å². The molecule has 1 fully saturated rings. The average molecular weight is 429 g/mol. The second kappa shape index (κ2) is 7.43. The summed E-state index contributed by atoms with van der Waals surface area (Å²) in [6.07, 6.45) is 2.56. The molecule has 3 heterocycles. The monoisotopic (exact) mass is 428 g/mol. The molecule has 140 valence electrons. The van der Waals surface area contributed by atoms with Crippen molar-refractivity contribution in [2.24, 2.45) is 0 Å². The topological polar surface area (TPSA) is 41.1 Å². The molecule has 1 N–H and O–H groups in total. The fourth-order valence-electron chi connectivity index (χ4n) is 3.59. The number of hydrogen-bond donors (Lipinski definition) is 1. The van der Waals surface area contributed by atoms with Gasteiger partial charge in [0.05, 0.1) is 5.52 Å². The smallest absolute Gasteiger partial charge is 0.165 e. The van der Waals surface area contributed by atoms with Crippen LogP contribution in [0.25, 0.3) is 10.9 Å². The SMILES string of the molecule is CC(C)c1cc2cc(Br)ccc2nc1NC1CCN(c2ncccc2F)C1. The highest BCUT2D eigenvalue weighted by molar-refractivity contribution is 9.10. The highest BCUT2D eigenvalue weighted by atomic mass is 79.9. The molecule has 0 saturated carbocycles. The summed E-state index contributed by atoms with van der Waals surface area (Å²) in [4.78, 5) is 11.1. The van der Waals surface area contributed by atoms with Crippen molar-refractivity contribution in [2.45, 2.75) is 32.2 Å². The van der Waals surface area contributed by atoms with Gasteiger partial charge in [0.1, 0.15) is 5.82 Å². The molecule has 0 spiro atoms. The van der Waals surface area contributed by atoms with Crippen molar-refractivity contribution in [2.75, 3.05) is 23.3 Å². The van der Waals surface area contributed by atoms with Gasteiger partial charge in [-0.1, -0.05) is 29.8 Å². The van der Waals surface area contributed by atoms with Gasteiger partial charge in [-0.3, -0.25) is 0 Å². The molecule has 3 aromatic rings. The molecule has 1 aliphatic rings. The van der Waals surface area contributed by atoms with E-state index in [1.54, 1.807) is 12.3 Å². The Morgan fingerprint density at radius 2 is 2.11 bits per heavy atom. The number of aromatic nitrogens is 2. The lowest BCUT2D eigenvalue weighted by molar-refractivity contribution is 0.615. The number of nitrogens with zero attached hydrogens (tertiary/aromatic N) is 3. The third-order valence-electron chi connectivity index (χ3n) is 5.00. The second-order valence-electron chi connectivity index (χ2n) is 7.30. The Morgan fingerprint density at radius 1 is 1.26 bits per heavy atom. The van der Waals surface area contributed by atoms with E-state index in [1.807, 2.05) is 17.0 Å². The fraction of sp³-hybridized carbons (Fsp3) is 0.333. The van der Waals surface area contributed by atoms with Gasteiger partial charge in [0.25, 0.3) is 0 Å². The first-order valence-electron chi connectivity index (χ1n) is 9.23. The molecule has 0 radical (unpaired) electrons. The van der Waals surface area contributed by atoms with E-state index in [-0.39, 0.29) is 11.9 Å². The van der Waals surface area contributed by atoms with Crippen LogP contribution in [-0.4, -0.2) is 29.1 Å². The Hall–Kier alpha value is -2.21. The maximum absolute atomic E-state index is 14.0. The summed E-state index contributed by atoms with van der Waals surface area (Å²) in [5.41, 5.74) is 2.17. The van der Waals surface area contributed by atoms with E-state index in [9.17, 15) is 4.39 Å². The Kier molecular flexibility index (Phi) is 5.00. The van der Waals surface area contributed by atoms with Crippen molar-refractivity contribution in [1.29, 1.82) is 0 Å². The standard InChI is InChI=1S/C21H22BrFN4/c1-13(2)17-11-14-10-15(22)5-6-19(14)26-20(17)25-16-7-9-27(12-16)21-18(23)4-3-8-24-21/h3-6,8,10-11,13,16H,7,9,12H2,1-2H3,(H,25,26). The quantitative estimate of drug-likeness (QED) is 0.608. The van der Waals surface area contributed by atoms with E-state index in [0.717, 1.165) is 34.2 Å². The number of nitrogens with one attached hydrogen (secondary N) is 1. The minimum Gasteiger partial charge on any atom is -0.365 e. The molecule has 0 bridgehead atoms. The summed E-state index contributed by atoms with van der Waals surface area (Å²) in [5, 5.41) is 4.73. The van der Waals surface area contributed by atoms with Crippen molar-refractivity contribution in [3.8, 4) is 0 Å². The first-order chi connectivity index (χ1) is 13.0. The predicted octanol–water partition coefficient (Wildman–Crippen LogP) is 5.35. The molecular weight excluding hydrogens is 407 g/mol. The van der Waals surface area contributed by atoms with Gasteiger partial charge in [-0.25, -0.2) is 14.4 Å². The molecule has 0 aliphatic carbocycles. The molecule has 1 aromatic carbocycles. The van der Waals surface area contributed by atoms with Gasteiger partial charge >= 0.3 is 0 Å². The lowest BCUT2D eigenvalue weighted by Crippen LogP contribution is -2.28. The van der Waals surface area contributed by atoms with Gasteiger partial charge in [-0.15, -0.1) is 0 Å². The van der Waals surface area contributed by atoms with Crippen LogP contribution >= 0.6 is 15.9 Å². The minimum absolute atomic E-state index is 0.212. The van der Waals surface area contributed by atoms with E-state index < -0.39 is 0 Å². The van der Waals surface area contributed by atoms with Crippen LogP contribution in [0.4, 0.5) is 16.0 Å². The summed E-state index contributed by atoms with van der Waals surface area (Å²) in [6, 6.07) is 11.6. The second-order valence-corrected chi connectivity index (χ2v) is 8.22. The predicted molar refractivity (Wildman–Crippen MR) is 112 cm³/mol. The average Bonchev–Trinajstić information content (AvgIpc) is 3.10. The number of halogens is 2. The van der Waals surface area contributed by atoms with Crippen molar-refractivity contribution >= 4 is 38.5 Å². The van der Waals surface area contributed by atoms with Crippen LogP contribution in [0, 0.1) is 5.82 Å². The van der Waals surface area contributed by atoms with Crippen LogP contribution in [-0.2, 0) is 0 Å². The summed E-state index contributed by atoms with van der Waals surface area (Å²) in [6.45, 7) is 5.85. The zero-order valence-corrected chi connectivity index (χ0v) is 17.0. The molecule has 4 nitrogen and oxygen atoms in total. The largest absolute Gasteiger partial charge is 0.365 e. The number of fused-ring (bicyclic) bond motifs is 1. The van der Waals surface area contributed by atoms with Crippen molar-refractivity contribution in [1.82, 2.24) is 9.97 Å². The molecule has 6 heteroatoms. The Balaban J connectivity index is 1.59.